The second-order valence-corrected chi connectivity index (χ2v) is 7.14. The van der Waals surface area contributed by atoms with Crippen LogP contribution in [0.4, 0.5) is 5.69 Å². The minimum absolute atomic E-state index is 0.0269. The number of aryl methyl sites for hydroxylation is 1. The molecule has 5 rings (SSSR count). The average Bonchev–Trinajstić information content (AvgIpc) is 3.22. The van der Waals surface area contributed by atoms with Crippen molar-refractivity contribution in [3.63, 3.8) is 0 Å². The molecule has 0 radical (unpaired) electrons. The predicted octanol–water partition coefficient (Wildman–Crippen LogP) is 4.78. The number of rotatable bonds is 2. The SMILES string of the molecule is O=C1Nc2ccccc2/C1=C\c1cc2c([nH]1)CC(c1ccccc1)CC2. The molecule has 2 N–H and O–H groups in total. The van der Waals surface area contributed by atoms with E-state index in [-0.39, 0.29) is 5.91 Å². The maximum absolute atomic E-state index is 12.3. The van der Waals surface area contributed by atoms with E-state index in [1.807, 2.05) is 30.3 Å². The lowest BCUT2D eigenvalue weighted by atomic mass is 9.83. The Hall–Kier alpha value is -3.07. The lowest BCUT2D eigenvalue weighted by Crippen LogP contribution is -2.11. The van der Waals surface area contributed by atoms with Crippen molar-refractivity contribution in [2.45, 2.75) is 25.2 Å². The highest BCUT2D eigenvalue weighted by atomic mass is 16.2. The molecule has 1 aliphatic heterocycles. The number of carbonyl (C=O) groups excluding carboxylic acids is 1. The molecule has 0 spiro atoms. The number of carbonyl (C=O) groups is 1. The monoisotopic (exact) mass is 340 g/mol. The van der Waals surface area contributed by atoms with Crippen molar-refractivity contribution in [1.82, 2.24) is 4.98 Å². The summed E-state index contributed by atoms with van der Waals surface area (Å²) in [4.78, 5) is 15.9. The van der Waals surface area contributed by atoms with Crippen LogP contribution in [0.3, 0.4) is 0 Å². The number of hydrogen-bond donors (Lipinski definition) is 2. The van der Waals surface area contributed by atoms with E-state index in [0.29, 0.717) is 5.92 Å². The van der Waals surface area contributed by atoms with Crippen molar-refractivity contribution in [3.05, 3.63) is 88.7 Å². The minimum atomic E-state index is -0.0269. The van der Waals surface area contributed by atoms with Gasteiger partial charge < -0.3 is 10.3 Å². The Balaban J connectivity index is 1.45. The number of benzene rings is 2. The van der Waals surface area contributed by atoms with Gasteiger partial charge in [-0.05, 0) is 54.5 Å². The maximum Gasteiger partial charge on any atom is 0.256 e. The Morgan fingerprint density at radius 1 is 1.00 bits per heavy atom. The van der Waals surface area contributed by atoms with E-state index in [1.54, 1.807) is 0 Å². The molecule has 0 saturated heterocycles. The maximum atomic E-state index is 12.3. The quantitative estimate of drug-likeness (QED) is 0.648. The van der Waals surface area contributed by atoms with Gasteiger partial charge in [-0.15, -0.1) is 0 Å². The fourth-order valence-electron chi connectivity index (χ4n) is 4.17. The molecule has 1 unspecified atom stereocenters. The lowest BCUT2D eigenvalue weighted by Gasteiger charge is -2.22. The molecular weight excluding hydrogens is 320 g/mol. The molecule has 26 heavy (non-hydrogen) atoms. The van der Waals surface area contributed by atoms with E-state index >= 15 is 0 Å². The summed E-state index contributed by atoms with van der Waals surface area (Å²) >= 11 is 0. The van der Waals surface area contributed by atoms with Crippen molar-refractivity contribution in [1.29, 1.82) is 0 Å². The molecule has 2 aliphatic rings. The molecule has 0 bridgehead atoms. The standard InChI is InChI=1S/C23H20N2O/c26-23-20(19-8-4-5-9-21(19)25-23)14-18-12-17-11-10-16(13-22(17)24-18)15-6-2-1-3-7-15/h1-9,12,14,16,24H,10-11,13H2,(H,25,26)/b20-14+. The number of anilines is 1. The molecule has 3 aromatic rings. The van der Waals surface area contributed by atoms with Crippen LogP contribution in [0.1, 0.15) is 40.4 Å². The van der Waals surface area contributed by atoms with Gasteiger partial charge in [0.1, 0.15) is 0 Å². The number of aromatic nitrogens is 1. The van der Waals surface area contributed by atoms with Crippen LogP contribution in [0.25, 0.3) is 11.6 Å². The van der Waals surface area contributed by atoms with Crippen LogP contribution >= 0.6 is 0 Å². The van der Waals surface area contributed by atoms with Crippen LogP contribution in [-0.4, -0.2) is 10.9 Å². The molecule has 0 saturated carbocycles. The molecule has 3 nitrogen and oxygen atoms in total. The van der Waals surface area contributed by atoms with Gasteiger partial charge in [0, 0.05) is 22.6 Å². The van der Waals surface area contributed by atoms with Crippen LogP contribution in [0.15, 0.2) is 60.7 Å². The van der Waals surface area contributed by atoms with Crippen LogP contribution in [-0.2, 0) is 17.6 Å². The largest absolute Gasteiger partial charge is 0.359 e. The highest BCUT2D eigenvalue weighted by Gasteiger charge is 2.25. The number of amides is 1. The van der Waals surface area contributed by atoms with Gasteiger partial charge in [0.2, 0.25) is 0 Å². The molecule has 2 heterocycles. The number of H-pyrrole nitrogens is 1. The lowest BCUT2D eigenvalue weighted by molar-refractivity contribution is -0.110. The topological polar surface area (TPSA) is 44.9 Å². The zero-order chi connectivity index (χ0) is 17.5. The van der Waals surface area contributed by atoms with Crippen molar-refractivity contribution >= 4 is 23.2 Å². The molecule has 128 valence electrons. The predicted molar refractivity (Wildman–Crippen MR) is 105 cm³/mol. The summed E-state index contributed by atoms with van der Waals surface area (Å²) in [5, 5.41) is 2.94. The molecule has 1 atom stereocenters. The summed E-state index contributed by atoms with van der Waals surface area (Å²) in [6.45, 7) is 0. The Morgan fingerprint density at radius 3 is 2.69 bits per heavy atom. The molecular formula is C23H20N2O. The van der Waals surface area contributed by atoms with E-state index in [1.165, 1.54) is 23.2 Å². The summed E-state index contributed by atoms with van der Waals surface area (Å²) in [6, 6.07) is 20.8. The Morgan fingerprint density at radius 2 is 1.81 bits per heavy atom. The zero-order valence-corrected chi connectivity index (χ0v) is 14.5. The van der Waals surface area contributed by atoms with Crippen LogP contribution in [0.5, 0.6) is 0 Å². The van der Waals surface area contributed by atoms with Crippen molar-refractivity contribution in [2.24, 2.45) is 0 Å². The van der Waals surface area contributed by atoms with Crippen LogP contribution < -0.4 is 5.32 Å². The van der Waals surface area contributed by atoms with Gasteiger partial charge in [-0.1, -0.05) is 48.5 Å². The summed E-state index contributed by atoms with van der Waals surface area (Å²) in [5.74, 6) is 0.541. The summed E-state index contributed by atoms with van der Waals surface area (Å²) < 4.78 is 0. The first-order chi connectivity index (χ1) is 12.8. The summed E-state index contributed by atoms with van der Waals surface area (Å²) in [6.07, 6.45) is 5.27. The van der Waals surface area contributed by atoms with Gasteiger partial charge in [-0.2, -0.15) is 0 Å². The third kappa shape index (κ3) is 2.57. The summed E-state index contributed by atoms with van der Waals surface area (Å²) in [5.41, 5.74) is 7.73. The fourth-order valence-corrected chi connectivity index (χ4v) is 4.17. The van der Waals surface area contributed by atoms with E-state index in [0.717, 1.165) is 35.4 Å². The van der Waals surface area contributed by atoms with Crippen molar-refractivity contribution < 1.29 is 4.79 Å². The van der Waals surface area contributed by atoms with Gasteiger partial charge >= 0.3 is 0 Å². The van der Waals surface area contributed by atoms with E-state index in [4.69, 9.17) is 0 Å². The van der Waals surface area contributed by atoms with Crippen LogP contribution in [0, 0.1) is 0 Å². The molecule has 1 aromatic heterocycles. The molecule has 3 heteroatoms. The first-order valence-electron chi connectivity index (χ1n) is 9.16. The molecule has 0 fully saturated rings. The van der Waals surface area contributed by atoms with E-state index in [9.17, 15) is 4.79 Å². The first kappa shape index (κ1) is 15.2. The zero-order valence-electron chi connectivity index (χ0n) is 14.5. The van der Waals surface area contributed by atoms with Crippen molar-refractivity contribution in [3.8, 4) is 0 Å². The minimum Gasteiger partial charge on any atom is -0.359 e. The summed E-state index contributed by atoms with van der Waals surface area (Å²) in [7, 11) is 0. The molecule has 2 aromatic carbocycles. The Bertz CT molecular complexity index is 1010. The van der Waals surface area contributed by atoms with Gasteiger partial charge in [-0.25, -0.2) is 0 Å². The number of hydrogen-bond acceptors (Lipinski definition) is 1. The highest BCUT2D eigenvalue weighted by Crippen LogP contribution is 2.35. The number of para-hydroxylation sites is 1. The second-order valence-electron chi connectivity index (χ2n) is 7.14. The van der Waals surface area contributed by atoms with E-state index < -0.39 is 0 Å². The van der Waals surface area contributed by atoms with Gasteiger partial charge in [0.25, 0.3) is 5.91 Å². The Labute approximate surface area is 152 Å². The number of nitrogens with one attached hydrogen (secondary N) is 2. The van der Waals surface area contributed by atoms with Gasteiger partial charge in [0.15, 0.2) is 0 Å². The van der Waals surface area contributed by atoms with Gasteiger partial charge in [-0.3, -0.25) is 4.79 Å². The Kier molecular flexibility index (Phi) is 3.52. The second kappa shape index (κ2) is 6.03. The number of aromatic amines is 1. The first-order valence-corrected chi connectivity index (χ1v) is 9.16. The number of fused-ring (bicyclic) bond motifs is 2. The third-order valence-electron chi connectivity index (χ3n) is 5.51. The molecule has 1 aliphatic carbocycles. The third-order valence-corrected chi connectivity index (χ3v) is 5.51. The smallest absolute Gasteiger partial charge is 0.256 e. The molecule has 1 amide bonds. The van der Waals surface area contributed by atoms with Crippen molar-refractivity contribution in [2.75, 3.05) is 5.32 Å². The van der Waals surface area contributed by atoms with Gasteiger partial charge in [0.05, 0.1) is 5.57 Å². The average molecular weight is 340 g/mol. The van der Waals surface area contributed by atoms with E-state index in [2.05, 4.69) is 46.7 Å². The highest BCUT2D eigenvalue weighted by molar-refractivity contribution is 6.34. The van der Waals surface area contributed by atoms with Crippen LogP contribution in [0.2, 0.25) is 0 Å². The normalized spacial score (nSPS) is 19.9. The fraction of sp³-hybridized carbons (Fsp3) is 0.174.